The third-order valence-electron chi connectivity index (χ3n) is 3.83. The second kappa shape index (κ2) is 9.35. The molecule has 0 saturated heterocycles. The van der Waals surface area contributed by atoms with Gasteiger partial charge in [0, 0.05) is 19.7 Å². The number of likely N-dealkylation sites (N-methyl/N-ethyl adjacent to an activating group) is 1. The van der Waals surface area contributed by atoms with Crippen LogP contribution in [0, 0.1) is 0 Å². The number of fused-ring (bicyclic) bond motifs is 1. The summed E-state index contributed by atoms with van der Waals surface area (Å²) in [6.45, 7) is 1.42. The summed E-state index contributed by atoms with van der Waals surface area (Å²) in [5.41, 5.74) is 0.952. The molecule has 8 nitrogen and oxygen atoms in total. The summed E-state index contributed by atoms with van der Waals surface area (Å²) in [6, 6.07) is 5.51. The van der Waals surface area contributed by atoms with E-state index in [-0.39, 0.29) is 31.7 Å². The van der Waals surface area contributed by atoms with Gasteiger partial charge in [-0.3, -0.25) is 0 Å². The van der Waals surface area contributed by atoms with Crippen molar-refractivity contribution >= 4 is 10.0 Å². The zero-order valence-electron chi connectivity index (χ0n) is 14.9. The van der Waals surface area contributed by atoms with E-state index in [0.717, 1.165) is 5.56 Å². The van der Waals surface area contributed by atoms with Crippen LogP contribution in [0.5, 0.6) is 11.5 Å². The van der Waals surface area contributed by atoms with Crippen molar-refractivity contribution in [3.63, 3.8) is 0 Å². The van der Waals surface area contributed by atoms with Crippen LogP contribution in [0.25, 0.3) is 0 Å². The molecule has 1 atom stereocenters. The Kier molecular flexibility index (Phi) is 7.45. The number of ether oxygens (including phenoxy) is 4. The summed E-state index contributed by atoms with van der Waals surface area (Å²) in [6.07, 6.45) is 0. The topological polar surface area (TPSA) is 86.3 Å². The van der Waals surface area contributed by atoms with Gasteiger partial charge in [-0.2, -0.15) is 0 Å². The van der Waals surface area contributed by atoms with Gasteiger partial charge in [-0.1, -0.05) is 6.07 Å². The quantitative estimate of drug-likeness (QED) is 0.568. The number of sulfonamides is 1. The van der Waals surface area contributed by atoms with Gasteiger partial charge in [0.15, 0.2) is 11.5 Å². The molecular formula is C16H26N2O6S. The molecule has 25 heavy (non-hydrogen) atoms. The SMILES string of the molecule is COCCOCCS(=O)(=O)NCC(c1ccc2c(c1)OCO2)N(C)C. The van der Waals surface area contributed by atoms with Crippen molar-refractivity contribution in [1.29, 1.82) is 0 Å². The maximum absolute atomic E-state index is 12.1. The first-order chi connectivity index (χ1) is 11.9. The Hall–Kier alpha value is -1.39. The van der Waals surface area contributed by atoms with Crippen LogP contribution in [0.1, 0.15) is 11.6 Å². The van der Waals surface area contributed by atoms with Crippen molar-refractivity contribution in [3.8, 4) is 11.5 Å². The molecule has 142 valence electrons. The van der Waals surface area contributed by atoms with Gasteiger partial charge in [0.25, 0.3) is 0 Å². The Morgan fingerprint density at radius 1 is 1.20 bits per heavy atom. The number of nitrogens with zero attached hydrogens (tertiary/aromatic N) is 1. The zero-order chi connectivity index (χ0) is 18.3. The molecule has 0 saturated carbocycles. The molecule has 9 heteroatoms. The van der Waals surface area contributed by atoms with E-state index in [9.17, 15) is 8.42 Å². The second-order valence-corrected chi connectivity index (χ2v) is 7.79. The lowest BCUT2D eigenvalue weighted by Gasteiger charge is -2.25. The lowest BCUT2D eigenvalue weighted by Crippen LogP contribution is -2.36. The van der Waals surface area contributed by atoms with Gasteiger partial charge >= 0.3 is 0 Å². The predicted octanol–water partition coefficient (Wildman–Crippen LogP) is 0.600. The molecule has 1 N–H and O–H groups in total. The highest BCUT2D eigenvalue weighted by Crippen LogP contribution is 2.34. The number of hydrogen-bond acceptors (Lipinski definition) is 7. The van der Waals surface area contributed by atoms with E-state index >= 15 is 0 Å². The summed E-state index contributed by atoms with van der Waals surface area (Å²) in [5, 5.41) is 0. The Morgan fingerprint density at radius 3 is 2.68 bits per heavy atom. The Balaban J connectivity index is 1.91. The van der Waals surface area contributed by atoms with Crippen LogP contribution in [0.15, 0.2) is 18.2 Å². The smallest absolute Gasteiger partial charge is 0.231 e. The maximum Gasteiger partial charge on any atom is 0.231 e. The van der Waals surface area contributed by atoms with Crippen molar-refractivity contribution in [2.24, 2.45) is 0 Å². The Morgan fingerprint density at radius 2 is 1.96 bits per heavy atom. The molecule has 0 aromatic heterocycles. The minimum atomic E-state index is -3.42. The fourth-order valence-corrected chi connectivity index (χ4v) is 3.30. The minimum Gasteiger partial charge on any atom is -0.454 e. The van der Waals surface area contributed by atoms with Crippen molar-refractivity contribution in [3.05, 3.63) is 23.8 Å². The Bertz CT molecular complexity index is 650. The summed E-state index contributed by atoms with van der Waals surface area (Å²) in [5.74, 6) is 1.30. The zero-order valence-corrected chi connectivity index (χ0v) is 15.7. The van der Waals surface area contributed by atoms with Gasteiger partial charge in [-0.25, -0.2) is 13.1 Å². The summed E-state index contributed by atoms with van der Waals surface area (Å²) in [4.78, 5) is 1.95. The second-order valence-electron chi connectivity index (χ2n) is 5.86. The lowest BCUT2D eigenvalue weighted by atomic mass is 10.1. The molecule has 1 heterocycles. The van der Waals surface area contributed by atoms with Crippen molar-refractivity contribution < 1.29 is 27.4 Å². The van der Waals surface area contributed by atoms with Crippen LogP contribution in [-0.2, 0) is 19.5 Å². The number of rotatable bonds is 11. The molecular weight excluding hydrogens is 348 g/mol. The highest BCUT2D eigenvalue weighted by atomic mass is 32.2. The van der Waals surface area contributed by atoms with Crippen LogP contribution in [0.4, 0.5) is 0 Å². The molecule has 1 aromatic carbocycles. The van der Waals surface area contributed by atoms with E-state index in [4.69, 9.17) is 18.9 Å². The van der Waals surface area contributed by atoms with E-state index in [0.29, 0.717) is 24.7 Å². The average Bonchev–Trinajstić information content (AvgIpc) is 3.02. The lowest BCUT2D eigenvalue weighted by molar-refractivity contribution is 0.0784. The van der Waals surface area contributed by atoms with Gasteiger partial charge in [0.2, 0.25) is 16.8 Å². The van der Waals surface area contributed by atoms with Gasteiger partial charge in [0.1, 0.15) is 0 Å². The average molecular weight is 374 g/mol. The third kappa shape index (κ3) is 6.12. The molecule has 1 aromatic rings. The monoisotopic (exact) mass is 374 g/mol. The summed E-state index contributed by atoms with van der Waals surface area (Å²) in [7, 11) is 1.95. The number of methoxy groups -OCH3 is 1. The van der Waals surface area contributed by atoms with E-state index in [1.54, 1.807) is 7.11 Å². The maximum atomic E-state index is 12.1. The molecule has 1 aliphatic heterocycles. The van der Waals surface area contributed by atoms with Gasteiger partial charge < -0.3 is 23.8 Å². The minimum absolute atomic E-state index is 0.0853. The van der Waals surface area contributed by atoms with E-state index < -0.39 is 10.0 Å². The van der Waals surface area contributed by atoms with Gasteiger partial charge in [-0.05, 0) is 31.8 Å². The van der Waals surface area contributed by atoms with Crippen molar-refractivity contribution in [1.82, 2.24) is 9.62 Å². The van der Waals surface area contributed by atoms with E-state index in [1.807, 2.05) is 37.2 Å². The first-order valence-corrected chi connectivity index (χ1v) is 9.68. The van der Waals surface area contributed by atoms with Crippen LogP contribution >= 0.6 is 0 Å². The van der Waals surface area contributed by atoms with Gasteiger partial charge in [0.05, 0.1) is 25.6 Å². The molecule has 0 amide bonds. The van der Waals surface area contributed by atoms with Crippen LogP contribution < -0.4 is 14.2 Å². The largest absolute Gasteiger partial charge is 0.454 e. The highest BCUT2D eigenvalue weighted by molar-refractivity contribution is 7.89. The third-order valence-corrected chi connectivity index (χ3v) is 5.14. The fraction of sp³-hybridized carbons (Fsp3) is 0.625. The van der Waals surface area contributed by atoms with E-state index in [1.165, 1.54) is 0 Å². The van der Waals surface area contributed by atoms with Gasteiger partial charge in [-0.15, -0.1) is 0 Å². The molecule has 0 aliphatic carbocycles. The summed E-state index contributed by atoms with van der Waals surface area (Å²) < 4.78 is 47.7. The molecule has 1 aliphatic rings. The van der Waals surface area contributed by atoms with Crippen molar-refractivity contribution in [2.75, 3.05) is 60.1 Å². The Labute approximate surface area is 149 Å². The molecule has 0 radical (unpaired) electrons. The normalized spacial score (nSPS) is 14.9. The molecule has 2 rings (SSSR count). The number of benzene rings is 1. The van der Waals surface area contributed by atoms with E-state index in [2.05, 4.69) is 4.72 Å². The molecule has 0 spiro atoms. The van der Waals surface area contributed by atoms with Crippen molar-refractivity contribution in [2.45, 2.75) is 6.04 Å². The van der Waals surface area contributed by atoms with Crippen LogP contribution in [0.2, 0.25) is 0 Å². The number of hydrogen-bond donors (Lipinski definition) is 1. The number of nitrogens with one attached hydrogen (secondary N) is 1. The van der Waals surface area contributed by atoms with Crippen LogP contribution in [0.3, 0.4) is 0 Å². The van der Waals surface area contributed by atoms with Crippen LogP contribution in [-0.4, -0.2) is 73.4 Å². The molecule has 0 bridgehead atoms. The summed E-state index contributed by atoms with van der Waals surface area (Å²) >= 11 is 0. The predicted molar refractivity (Wildman–Crippen MR) is 93.5 cm³/mol. The first-order valence-electron chi connectivity index (χ1n) is 8.03. The fourth-order valence-electron chi connectivity index (χ4n) is 2.41. The highest BCUT2D eigenvalue weighted by Gasteiger charge is 2.21. The molecule has 1 unspecified atom stereocenters. The molecule has 0 fully saturated rings. The first kappa shape index (κ1) is 19.9. The standard InChI is InChI=1S/C16H26N2O6S/c1-18(2)14(13-4-5-15-16(10-13)24-12-23-15)11-17-25(19,20)9-8-22-7-6-21-3/h4-5,10,14,17H,6-9,11-12H2,1-3H3.